The van der Waals surface area contributed by atoms with Crippen LogP contribution in [0.2, 0.25) is 0 Å². The van der Waals surface area contributed by atoms with E-state index in [2.05, 4.69) is 10.4 Å². The molecular formula is C11H12IN5O2. The van der Waals surface area contributed by atoms with Gasteiger partial charge in [-0.25, -0.2) is 0 Å². The number of nitrogens with zero attached hydrogens (tertiary/aromatic N) is 3. The Morgan fingerprint density at radius 3 is 2.84 bits per heavy atom. The number of nitro groups is 1. The lowest BCUT2D eigenvalue weighted by Gasteiger charge is -2.06. The monoisotopic (exact) mass is 373 g/mol. The molecule has 0 saturated heterocycles. The molecule has 0 atom stereocenters. The van der Waals surface area contributed by atoms with Gasteiger partial charge >= 0.3 is 0 Å². The van der Waals surface area contributed by atoms with Crippen molar-refractivity contribution in [2.45, 2.75) is 6.54 Å². The summed E-state index contributed by atoms with van der Waals surface area (Å²) in [5.41, 5.74) is 7.62. The van der Waals surface area contributed by atoms with Crippen molar-refractivity contribution in [3.05, 3.63) is 43.6 Å². The summed E-state index contributed by atoms with van der Waals surface area (Å²) in [6.07, 6.45) is 1.69. The number of benzene rings is 1. The first-order valence-corrected chi connectivity index (χ1v) is 6.51. The molecule has 0 aliphatic rings. The smallest absolute Gasteiger partial charge is 0.282 e. The van der Waals surface area contributed by atoms with E-state index < -0.39 is 4.92 Å². The number of nitro benzene ring substituents is 1. The van der Waals surface area contributed by atoms with Crippen LogP contribution >= 0.6 is 22.6 Å². The van der Waals surface area contributed by atoms with E-state index in [-0.39, 0.29) is 5.69 Å². The zero-order valence-corrected chi connectivity index (χ0v) is 12.3. The number of rotatable bonds is 4. The predicted octanol–water partition coefficient (Wildman–Crippen LogP) is 2.13. The van der Waals surface area contributed by atoms with E-state index in [1.165, 1.54) is 6.07 Å². The number of aromatic nitrogens is 2. The Kier molecular flexibility index (Phi) is 3.88. The lowest BCUT2D eigenvalue weighted by molar-refractivity contribution is -0.385. The van der Waals surface area contributed by atoms with Crippen LogP contribution < -0.4 is 11.1 Å². The fourth-order valence-corrected chi connectivity index (χ4v) is 2.30. The maximum Gasteiger partial charge on any atom is 0.282 e. The standard InChI is InChI=1S/C11H12IN5O2/c1-16-11(13)7(6-15-16)5-14-8-2-3-10(17(18)19)9(12)4-8/h2-4,6,14H,5,13H2,1H3. The quantitative estimate of drug-likeness (QED) is 0.486. The summed E-state index contributed by atoms with van der Waals surface area (Å²) in [6.45, 7) is 0.521. The normalized spacial score (nSPS) is 10.4. The van der Waals surface area contributed by atoms with Crippen LogP contribution in [0.15, 0.2) is 24.4 Å². The largest absolute Gasteiger partial charge is 0.384 e. The van der Waals surface area contributed by atoms with Crippen LogP contribution in [0.4, 0.5) is 17.2 Å². The Balaban J connectivity index is 2.10. The van der Waals surface area contributed by atoms with Crippen LogP contribution in [-0.4, -0.2) is 14.7 Å². The highest BCUT2D eigenvalue weighted by Crippen LogP contribution is 2.24. The molecule has 0 bridgehead atoms. The summed E-state index contributed by atoms with van der Waals surface area (Å²) < 4.78 is 2.18. The average molecular weight is 373 g/mol. The molecule has 0 spiro atoms. The molecule has 0 fully saturated rings. The van der Waals surface area contributed by atoms with Gasteiger partial charge in [0.1, 0.15) is 5.82 Å². The highest BCUT2D eigenvalue weighted by Gasteiger charge is 2.11. The van der Waals surface area contributed by atoms with Gasteiger partial charge in [0.2, 0.25) is 0 Å². The summed E-state index contributed by atoms with van der Waals surface area (Å²) in [4.78, 5) is 10.3. The third-order valence-electron chi connectivity index (χ3n) is 2.69. The number of hydrogen-bond donors (Lipinski definition) is 2. The molecule has 0 radical (unpaired) electrons. The van der Waals surface area contributed by atoms with Gasteiger partial charge < -0.3 is 11.1 Å². The minimum absolute atomic E-state index is 0.104. The van der Waals surface area contributed by atoms with Gasteiger partial charge in [-0.05, 0) is 34.7 Å². The highest BCUT2D eigenvalue weighted by atomic mass is 127. The van der Waals surface area contributed by atoms with Crippen molar-refractivity contribution in [3.8, 4) is 0 Å². The molecule has 2 rings (SSSR count). The Morgan fingerprint density at radius 1 is 1.58 bits per heavy atom. The van der Waals surface area contributed by atoms with Gasteiger partial charge in [-0.15, -0.1) is 0 Å². The van der Waals surface area contributed by atoms with Gasteiger partial charge in [0.05, 0.1) is 14.7 Å². The van der Waals surface area contributed by atoms with Crippen LogP contribution in [-0.2, 0) is 13.6 Å². The SMILES string of the molecule is Cn1ncc(CNc2ccc([N+](=O)[O-])c(I)c2)c1N. The van der Waals surface area contributed by atoms with Crippen LogP contribution in [0, 0.1) is 13.7 Å². The molecule has 8 heteroatoms. The number of hydrogen-bond acceptors (Lipinski definition) is 5. The maximum atomic E-state index is 10.7. The topological polar surface area (TPSA) is 99.0 Å². The van der Waals surface area contributed by atoms with E-state index in [1.807, 2.05) is 22.6 Å². The van der Waals surface area contributed by atoms with Gasteiger partial charge in [-0.2, -0.15) is 5.10 Å². The first-order chi connectivity index (χ1) is 8.99. The second-order valence-corrected chi connectivity index (χ2v) is 5.12. The first-order valence-electron chi connectivity index (χ1n) is 5.43. The van der Waals surface area contributed by atoms with E-state index in [9.17, 15) is 10.1 Å². The van der Waals surface area contributed by atoms with Gasteiger partial charge in [-0.3, -0.25) is 14.8 Å². The second-order valence-electron chi connectivity index (χ2n) is 3.96. The van der Waals surface area contributed by atoms with E-state index in [1.54, 1.807) is 30.1 Å². The minimum Gasteiger partial charge on any atom is -0.384 e. The molecule has 7 nitrogen and oxygen atoms in total. The van der Waals surface area contributed by atoms with Gasteiger partial charge in [0.15, 0.2) is 0 Å². The molecule has 0 aliphatic carbocycles. The van der Waals surface area contributed by atoms with Crippen molar-refractivity contribution in [2.75, 3.05) is 11.1 Å². The maximum absolute atomic E-state index is 10.7. The average Bonchev–Trinajstić information content (AvgIpc) is 2.67. The zero-order chi connectivity index (χ0) is 14.0. The molecule has 1 heterocycles. The molecule has 2 aromatic rings. The summed E-state index contributed by atoms with van der Waals surface area (Å²) in [5, 5.41) is 17.9. The number of nitrogen functional groups attached to an aromatic ring is 1. The van der Waals surface area contributed by atoms with Crippen molar-refractivity contribution in [3.63, 3.8) is 0 Å². The molecule has 0 saturated carbocycles. The molecule has 0 unspecified atom stereocenters. The molecule has 1 aromatic heterocycles. The number of halogens is 1. The number of aryl methyl sites for hydroxylation is 1. The summed E-state index contributed by atoms with van der Waals surface area (Å²) in [7, 11) is 1.77. The van der Waals surface area contributed by atoms with Crippen LogP contribution in [0.25, 0.3) is 0 Å². The van der Waals surface area contributed by atoms with E-state index in [4.69, 9.17) is 5.73 Å². The summed E-state index contributed by atoms with van der Waals surface area (Å²) in [6, 6.07) is 4.88. The van der Waals surface area contributed by atoms with Gasteiger partial charge in [0.25, 0.3) is 5.69 Å². The second kappa shape index (κ2) is 5.43. The molecule has 1 aromatic carbocycles. The highest BCUT2D eigenvalue weighted by molar-refractivity contribution is 14.1. The van der Waals surface area contributed by atoms with Crippen LogP contribution in [0.5, 0.6) is 0 Å². The summed E-state index contributed by atoms with van der Waals surface area (Å²) in [5.74, 6) is 0.601. The minimum atomic E-state index is -0.398. The predicted molar refractivity (Wildman–Crippen MR) is 80.8 cm³/mol. The number of anilines is 2. The Bertz CT molecular complexity index is 626. The Morgan fingerprint density at radius 2 is 2.32 bits per heavy atom. The van der Waals surface area contributed by atoms with E-state index in [0.717, 1.165) is 11.3 Å². The fraction of sp³-hybridized carbons (Fsp3) is 0.182. The molecule has 19 heavy (non-hydrogen) atoms. The lowest BCUT2D eigenvalue weighted by Crippen LogP contribution is -2.04. The van der Waals surface area contributed by atoms with Crippen molar-refractivity contribution in [1.29, 1.82) is 0 Å². The third-order valence-corrected chi connectivity index (χ3v) is 3.56. The molecule has 3 N–H and O–H groups in total. The molecule has 0 amide bonds. The molecular weight excluding hydrogens is 361 g/mol. The fourth-order valence-electron chi connectivity index (χ4n) is 1.59. The van der Waals surface area contributed by atoms with Crippen LogP contribution in [0.1, 0.15) is 5.56 Å². The van der Waals surface area contributed by atoms with Crippen LogP contribution in [0.3, 0.4) is 0 Å². The van der Waals surface area contributed by atoms with Gasteiger partial charge in [0, 0.05) is 30.9 Å². The van der Waals surface area contributed by atoms with Crippen molar-refractivity contribution in [2.24, 2.45) is 7.05 Å². The van der Waals surface area contributed by atoms with Crippen molar-refractivity contribution in [1.82, 2.24) is 9.78 Å². The molecule has 100 valence electrons. The zero-order valence-electron chi connectivity index (χ0n) is 10.1. The summed E-state index contributed by atoms with van der Waals surface area (Å²) >= 11 is 1.94. The first kappa shape index (κ1) is 13.6. The van der Waals surface area contributed by atoms with Crippen molar-refractivity contribution >= 4 is 39.8 Å². The third kappa shape index (κ3) is 2.95. The Labute approximate surface area is 123 Å². The molecule has 0 aliphatic heterocycles. The van der Waals surface area contributed by atoms with Gasteiger partial charge in [-0.1, -0.05) is 0 Å². The van der Waals surface area contributed by atoms with E-state index in [0.29, 0.717) is 15.9 Å². The Hall–Kier alpha value is -1.84. The number of nitrogens with two attached hydrogens (primary N) is 1. The lowest BCUT2D eigenvalue weighted by atomic mass is 10.2. The number of nitrogens with one attached hydrogen (secondary N) is 1. The van der Waals surface area contributed by atoms with Crippen molar-refractivity contribution < 1.29 is 4.92 Å². The van der Waals surface area contributed by atoms with E-state index >= 15 is 0 Å².